The number of nitrogens with two attached hydrogens (primary N) is 1. The van der Waals surface area contributed by atoms with E-state index < -0.39 is 5.82 Å². The van der Waals surface area contributed by atoms with Crippen molar-refractivity contribution in [1.82, 2.24) is 14.8 Å². The molecule has 0 saturated carbocycles. The number of halogens is 1. The van der Waals surface area contributed by atoms with E-state index >= 15 is 0 Å². The number of hydrogen-bond donors (Lipinski definition) is 1. The maximum absolute atomic E-state index is 13.6. The van der Waals surface area contributed by atoms with E-state index in [4.69, 9.17) is 10.5 Å². The van der Waals surface area contributed by atoms with Crippen LogP contribution in [0.15, 0.2) is 18.2 Å². The zero-order valence-electron chi connectivity index (χ0n) is 11.2. The second kappa shape index (κ2) is 5.36. The van der Waals surface area contributed by atoms with Gasteiger partial charge in [0.1, 0.15) is 11.6 Å². The summed E-state index contributed by atoms with van der Waals surface area (Å²) in [5.74, 6) is 1.29. The number of benzene rings is 1. The second-order valence-corrected chi connectivity index (χ2v) is 4.39. The number of methoxy groups -OCH3 is 1. The Balaban J connectivity index is 2.18. The lowest BCUT2D eigenvalue weighted by Crippen LogP contribution is -2.19. The minimum atomic E-state index is -0.415. The number of aromatic nitrogens is 3. The lowest BCUT2D eigenvalue weighted by atomic mass is 10.1. The molecule has 0 amide bonds. The Labute approximate surface area is 111 Å². The number of nitrogens with zero attached hydrogens (tertiary/aromatic N) is 3. The lowest BCUT2D eigenvalue weighted by molar-refractivity contribution is 0.385. The van der Waals surface area contributed by atoms with Gasteiger partial charge in [-0.1, -0.05) is 6.07 Å². The van der Waals surface area contributed by atoms with Crippen LogP contribution < -0.4 is 10.5 Å². The summed E-state index contributed by atoms with van der Waals surface area (Å²) in [7, 11) is 1.43. The van der Waals surface area contributed by atoms with Crippen LogP contribution in [-0.2, 0) is 6.54 Å². The molecule has 0 radical (unpaired) electrons. The molecular formula is C13H17FN4O. The zero-order chi connectivity index (χ0) is 14.0. The van der Waals surface area contributed by atoms with Crippen molar-refractivity contribution >= 4 is 0 Å². The second-order valence-electron chi connectivity index (χ2n) is 4.39. The van der Waals surface area contributed by atoms with Gasteiger partial charge in [-0.3, -0.25) is 0 Å². The molecule has 2 rings (SSSR count). The molecule has 5 nitrogen and oxygen atoms in total. The Morgan fingerprint density at radius 3 is 2.68 bits per heavy atom. The van der Waals surface area contributed by atoms with E-state index in [9.17, 15) is 4.39 Å². The molecule has 0 fully saturated rings. The number of rotatable bonds is 4. The molecule has 0 bridgehead atoms. The first kappa shape index (κ1) is 13.5. The fourth-order valence-electron chi connectivity index (χ4n) is 1.94. The van der Waals surface area contributed by atoms with Crippen LogP contribution in [0, 0.1) is 19.7 Å². The Hall–Kier alpha value is -1.95. The Bertz CT molecular complexity index is 582. The Morgan fingerprint density at radius 1 is 1.42 bits per heavy atom. The number of aryl methyl sites for hydroxylation is 2. The van der Waals surface area contributed by atoms with Crippen LogP contribution in [0.4, 0.5) is 4.39 Å². The smallest absolute Gasteiger partial charge is 0.165 e. The first-order valence-corrected chi connectivity index (χ1v) is 5.98. The molecule has 1 aromatic heterocycles. The van der Waals surface area contributed by atoms with E-state index in [-0.39, 0.29) is 11.8 Å². The topological polar surface area (TPSA) is 66.0 Å². The van der Waals surface area contributed by atoms with E-state index in [2.05, 4.69) is 10.1 Å². The van der Waals surface area contributed by atoms with Crippen molar-refractivity contribution < 1.29 is 9.13 Å². The zero-order valence-corrected chi connectivity index (χ0v) is 11.2. The largest absolute Gasteiger partial charge is 0.494 e. The average molecular weight is 264 g/mol. The van der Waals surface area contributed by atoms with Crippen molar-refractivity contribution in [3.8, 4) is 5.75 Å². The van der Waals surface area contributed by atoms with Crippen LogP contribution in [0.1, 0.15) is 23.3 Å². The maximum Gasteiger partial charge on any atom is 0.165 e. The predicted octanol–water partition coefficient (Wildman–Crippen LogP) is 1.74. The molecule has 6 heteroatoms. The first-order valence-electron chi connectivity index (χ1n) is 5.98. The van der Waals surface area contributed by atoms with Crippen LogP contribution >= 0.6 is 0 Å². The van der Waals surface area contributed by atoms with Gasteiger partial charge in [-0.25, -0.2) is 14.1 Å². The van der Waals surface area contributed by atoms with Gasteiger partial charge in [-0.15, -0.1) is 0 Å². The molecule has 0 aliphatic rings. The standard InChI is InChI=1S/C13H17FN4O/c1-8-16-9(2)18(17-8)7-12(15)10-4-5-13(19-3)11(14)6-10/h4-6,12H,7,15H2,1-3H3. The lowest BCUT2D eigenvalue weighted by Gasteiger charge is -2.13. The SMILES string of the molecule is COc1ccc(C(N)Cn2nc(C)nc2C)cc1F. The Morgan fingerprint density at radius 2 is 2.16 bits per heavy atom. The highest BCUT2D eigenvalue weighted by atomic mass is 19.1. The predicted molar refractivity (Wildman–Crippen MR) is 69.4 cm³/mol. The van der Waals surface area contributed by atoms with E-state index in [0.717, 1.165) is 5.82 Å². The molecule has 0 spiro atoms. The quantitative estimate of drug-likeness (QED) is 0.913. The molecule has 102 valence electrons. The highest BCUT2D eigenvalue weighted by molar-refractivity contribution is 5.30. The fourth-order valence-corrected chi connectivity index (χ4v) is 1.94. The molecule has 1 heterocycles. The van der Waals surface area contributed by atoms with Crippen LogP contribution in [0.3, 0.4) is 0 Å². The molecule has 0 aliphatic heterocycles. The van der Waals surface area contributed by atoms with Crippen molar-refractivity contribution in [2.75, 3.05) is 7.11 Å². The summed E-state index contributed by atoms with van der Waals surface area (Å²) in [5.41, 5.74) is 6.77. The third-order valence-electron chi connectivity index (χ3n) is 2.94. The molecule has 2 aromatic rings. The number of ether oxygens (including phenoxy) is 1. The highest BCUT2D eigenvalue weighted by Gasteiger charge is 2.13. The van der Waals surface area contributed by atoms with Crippen LogP contribution in [0.5, 0.6) is 5.75 Å². The third-order valence-corrected chi connectivity index (χ3v) is 2.94. The van der Waals surface area contributed by atoms with Crippen molar-refractivity contribution in [1.29, 1.82) is 0 Å². The first-order chi connectivity index (χ1) is 9.01. The minimum Gasteiger partial charge on any atom is -0.494 e. The van der Waals surface area contributed by atoms with Gasteiger partial charge >= 0.3 is 0 Å². The molecule has 0 saturated heterocycles. The summed E-state index contributed by atoms with van der Waals surface area (Å²) in [5, 5.41) is 4.24. The van der Waals surface area contributed by atoms with Crippen LogP contribution in [-0.4, -0.2) is 21.9 Å². The molecule has 1 aromatic carbocycles. The molecular weight excluding hydrogens is 247 g/mol. The average Bonchev–Trinajstić information content (AvgIpc) is 2.67. The van der Waals surface area contributed by atoms with Crippen molar-refractivity contribution in [3.63, 3.8) is 0 Å². The minimum absolute atomic E-state index is 0.212. The summed E-state index contributed by atoms with van der Waals surface area (Å²) in [6.07, 6.45) is 0. The van der Waals surface area contributed by atoms with Crippen LogP contribution in [0.2, 0.25) is 0 Å². The van der Waals surface area contributed by atoms with Crippen molar-refractivity contribution in [3.05, 3.63) is 41.2 Å². The fraction of sp³-hybridized carbons (Fsp3) is 0.385. The van der Waals surface area contributed by atoms with Gasteiger partial charge in [0, 0.05) is 6.04 Å². The summed E-state index contributed by atoms with van der Waals surface area (Å²) in [6, 6.07) is 4.37. The molecule has 1 atom stereocenters. The van der Waals surface area contributed by atoms with Gasteiger partial charge in [0.2, 0.25) is 0 Å². The van der Waals surface area contributed by atoms with Gasteiger partial charge in [-0.2, -0.15) is 5.10 Å². The van der Waals surface area contributed by atoms with Gasteiger partial charge in [0.15, 0.2) is 11.6 Å². The monoisotopic (exact) mass is 264 g/mol. The van der Waals surface area contributed by atoms with Gasteiger partial charge in [0.05, 0.1) is 13.7 Å². The highest BCUT2D eigenvalue weighted by Crippen LogP contribution is 2.21. The van der Waals surface area contributed by atoms with Crippen molar-refractivity contribution in [2.24, 2.45) is 5.73 Å². The summed E-state index contributed by atoms with van der Waals surface area (Å²) in [4.78, 5) is 4.20. The molecule has 2 N–H and O–H groups in total. The van der Waals surface area contributed by atoms with E-state index in [1.54, 1.807) is 16.8 Å². The number of hydrogen-bond acceptors (Lipinski definition) is 4. The summed E-state index contributed by atoms with van der Waals surface area (Å²) < 4.78 is 20.2. The van der Waals surface area contributed by atoms with E-state index in [1.807, 2.05) is 13.8 Å². The van der Waals surface area contributed by atoms with Gasteiger partial charge < -0.3 is 10.5 Å². The van der Waals surface area contributed by atoms with E-state index in [1.165, 1.54) is 13.2 Å². The molecule has 1 unspecified atom stereocenters. The molecule has 0 aliphatic carbocycles. The van der Waals surface area contributed by atoms with Crippen molar-refractivity contribution in [2.45, 2.75) is 26.4 Å². The summed E-state index contributed by atoms with van der Waals surface area (Å²) >= 11 is 0. The Kier molecular flexibility index (Phi) is 3.80. The van der Waals surface area contributed by atoms with E-state index in [0.29, 0.717) is 17.9 Å². The maximum atomic E-state index is 13.6. The molecule has 19 heavy (non-hydrogen) atoms. The normalized spacial score (nSPS) is 12.5. The third kappa shape index (κ3) is 2.90. The van der Waals surface area contributed by atoms with Gasteiger partial charge in [0.25, 0.3) is 0 Å². The van der Waals surface area contributed by atoms with Gasteiger partial charge in [-0.05, 0) is 31.5 Å². The van der Waals surface area contributed by atoms with Crippen LogP contribution in [0.25, 0.3) is 0 Å². The summed E-state index contributed by atoms with van der Waals surface area (Å²) in [6.45, 7) is 4.14.